The van der Waals surface area contributed by atoms with Gasteiger partial charge in [-0.1, -0.05) is 60.7 Å². The summed E-state index contributed by atoms with van der Waals surface area (Å²) in [6.45, 7) is 0.681. The van der Waals surface area contributed by atoms with Gasteiger partial charge in [-0.05, 0) is 37.1 Å². The van der Waals surface area contributed by atoms with E-state index in [9.17, 15) is 15.1 Å². The Morgan fingerprint density at radius 1 is 1.00 bits per heavy atom. The zero-order chi connectivity index (χ0) is 17.0. The largest absolute Gasteiger partial charge is 0.785 e. The zero-order valence-electron chi connectivity index (χ0n) is 13.3. The van der Waals surface area contributed by atoms with E-state index >= 15 is 0 Å². The second-order valence-electron chi connectivity index (χ2n) is 5.98. The van der Waals surface area contributed by atoms with Gasteiger partial charge in [0.25, 0.3) is 0 Å². The van der Waals surface area contributed by atoms with Crippen LogP contribution >= 0.6 is 0 Å². The van der Waals surface area contributed by atoms with Crippen molar-refractivity contribution in [1.29, 1.82) is 0 Å². The van der Waals surface area contributed by atoms with E-state index in [0.717, 1.165) is 5.06 Å². The lowest BCUT2D eigenvalue weighted by atomic mass is 9.86. The fourth-order valence-corrected chi connectivity index (χ4v) is 2.95. The number of carbonyl (C=O) groups is 1. The molecule has 126 valence electrons. The molecule has 24 heavy (non-hydrogen) atoms. The van der Waals surface area contributed by atoms with Crippen LogP contribution in [0.3, 0.4) is 0 Å². The van der Waals surface area contributed by atoms with Gasteiger partial charge in [0, 0.05) is 0 Å². The molecule has 5 nitrogen and oxygen atoms in total. The van der Waals surface area contributed by atoms with Gasteiger partial charge in [0.1, 0.15) is 6.10 Å². The van der Waals surface area contributed by atoms with Gasteiger partial charge in [-0.2, -0.15) is 0 Å². The normalized spacial score (nSPS) is 16.8. The van der Waals surface area contributed by atoms with Crippen molar-refractivity contribution in [2.45, 2.75) is 24.5 Å². The molecule has 0 atom stereocenters. The van der Waals surface area contributed by atoms with Crippen molar-refractivity contribution in [2.24, 2.45) is 0 Å². The maximum Gasteiger partial charge on any atom is 0.347 e. The molecule has 1 aliphatic rings. The predicted octanol–water partition coefficient (Wildman–Crippen LogP) is 2.43. The summed E-state index contributed by atoms with van der Waals surface area (Å²) < 4.78 is 5.56. The topological polar surface area (TPSA) is 72.8 Å². The van der Waals surface area contributed by atoms with Crippen LogP contribution in [0.2, 0.25) is 0 Å². The van der Waals surface area contributed by atoms with Crippen LogP contribution in [0.25, 0.3) is 0 Å². The third-order valence-electron chi connectivity index (χ3n) is 4.35. The summed E-state index contributed by atoms with van der Waals surface area (Å²) in [4.78, 5) is 12.9. The lowest BCUT2D eigenvalue weighted by Gasteiger charge is -2.37. The van der Waals surface area contributed by atoms with Gasteiger partial charge in [0.15, 0.2) is 0 Å². The van der Waals surface area contributed by atoms with E-state index in [1.165, 1.54) is 0 Å². The van der Waals surface area contributed by atoms with Crippen molar-refractivity contribution in [3.8, 4) is 0 Å². The Bertz CT molecular complexity index is 627. The Balaban J connectivity index is 1.89. The zero-order valence-corrected chi connectivity index (χ0v) is 13.3. The Morgan fingerprint density at radius 3 is 1.92 bits per heavy atom. The van der Waals surface area contributed by atoms with Crippen molar-refractivity contribution < 1.29 is 14.6 Å². The summed E-state index contributed by atoms with van der Waals surface area (Å²) in [5.41, 5.74) is -0.943. The highest BCUT2D eigenvalue weighted by molar-refractivity contribution is 5.85. The quantitative estimate of drug-likeness (QED) is 0.874. The van der Waals surface area contributed by atoms with Crippen LogP contribution in [0.5, 0.6) is 0 Å². The third-order valence-corrected chi connectivity index (χ3v) is 4.35. The van der Waals surface area contributed by atoms with E-state index in [2.05, 4.69) is 0 Å². The maximum absolute atomic E-state index is 12.9. The van der Waals surface area contributed by atoms with Gasteiger partial charge < -0.3 is 20.1 Å². The molecular formula is C19H20NO4-. The lowest BCUT2D eigenvalue weighted by Crippen LogP contribution is -2.42. The monoisotopic (exact) mass is 326 g/mol. The van der Waals surface area contributed by atoms with Crippen molar-refractivity contribution in [3.63, 3.8) is 0 Å². The fourth-order valence-electron chi connectivity index (χ4n) is 2.95. The number of benzene rings is 2. The second-order valence-corrected chi connectivity index (χ2v) is 5.98. The van der Waals surface area contributed by atoms with Crippen molar-refractivity contribution in [2.75, 3.05) is 13.1 Å². The summed E-state index contributed by atoms with van der Waals surface area (Å²) in [5, 5.41) is 23.5. The second kappa shape index (κ2) is 7.13. The van der Waals surface area contributed by atoms with E-state index in [-0.39, 0.29) is 6.10 Å². The summed E-state index contributed by atoms with van der Waals surface area (Å²) in [6, 6.07) is 17.5. The Labute approximate surface area is 141 Å². The molecule has 0 unspecified atom stereocenters. The number of esters is 1. The minimum absolute atomic E-state index is 0.340. The standard InChI is InChI=1S/C19H20NO4/c21-18(24-17-11-13-20(23)14-12-17)19(22,15-7-3-1-4-8-15)16-9-5-2-6-10-16/h1-10,17,22H,11-14H2/q-1. The number of nitrogens with zero attached hydrogens (tertiary/aromatic N) is 1. The first-order chi connectivity index (χ1) is 11.6. The number of hydroxylamine groups is 2. The molecule has 0 saturated carbocycles. The average Bonchev–Trinajstić information content (AvgIpc) is 2.64. The molecule has 0 aliphatic carbocycles. The fraction of sp³-hybridized carbons (Fsp3) is 0.316. The Kier molecular flexibility index (Phi) is 4.94. The van der Waals surface area contributed by atoms with Crippen molar-refractivity contribution >= 4 is 5.97 Å². The van der Waals surface area contributed by atoms with Gasteiger partial charge in [0.05, 0.1) is 0 Å². The van der Waals surface area contributed by atoms with Gasteiger partial charge in [-0.25, -0.2) is 4.79 Å². The molecule has 1 aliphatic heterocycles. The molecule has 2 aromatic carbocycles. The summed E-state index contributed by atoms with van der Waals surface area (Å²) in [6.07, 6.45) is 0.616. The Hall–Kier alpha value is -2.21. The average molecular weight is 326 g/mol. The van der Waals surface area contributed by atoms with Crippen LogP contribution in [0.4, 0.5) is 0 Å². The molecule has 1 fully saturated rings. The molecule has 3 rings (SSSR count). The molecule has 0 bridgehead atoms. The number of hydrogen-bond acceptors (Lipinski definition) is 5. The summed E-state index contributed by atoms with van der Waals surface area (Å²) in [5.74, 6) is -0.704. The highest BCUT2D eigenvalue weighted by Crippen LogP contribution is 2.32. The first kappa shape index (κ1) is 16.6. The van der Waals surface area contributed by atoms with Gasteiger partial charge in [-0.15, -0.1) is 0 Å². The molecule has 1 heterocycles. The van der Waals surface area contributed by atoms with E-state index < -0.39 is 11.6 Å². The molecule has 0 aromatic heterocycles. The number of aliphatic hydroxyl groups is 1. The van der Waals surface area contributed by atoms with E-state index in [1.54, 1.807) is 48.5 Å². The lowest BCUT2D eigenvalue weighted by molar-refractivity contribution is -0.169. The van der Waals surface area contributed by atoms with Crippen LogP contribution in [0, 0.1) is 5.21 Å². The number of ether oxygens (including phenoxy) is 1. The van der Waals surface area contributed by atoms with Crippen LogP contribution in [0.15, 0.2) is 60.7 Å². The number of carbonyl (C=O) groups excluding carboxylic acids is 1. The third kappa shape index (κ3) is 3.33. The smallest absolute Gasteiger partial charge is 0.347 e. The highest BCUT2D eigenvalue weighted by Gasteiger charge is 2.42. The number of piperidine rings is 1. The molecule has 2 aromatic rings. The van der Waals surface area contributed by atoms with Crippen LogP contribution in [-0.2, 0) is 15.1 Å². The van der Waals surface area contributed by atoms with Gasteiger partial charge >= 0.3 is 5.97 Å². The van der Waals surface area contributed by atoms with E-state index in [1.807, 2.05) is 12.1 Å². The first-order valence-electron chi connectivity index (χ1n) is 8.07. The molecule has 0 radical (unpaired) electrons. The van der Waals surface area contributed by atoms with E-state index in [4.69, 9.17) is 4.74 Å². The van der Waals surface area contributed by atoms with Crippen LogP contribution in [0.1, 0.15) is 24.0 Å². The van der Waals surface area contributed by atoms with Gasteiger partial charge in [0.2, 0.25) is 5.60 Å². The van der Waals surface area contributed by atoms with Gasteiger partial charge in [-0.3, -0.25) is 0 Å². The molecule has 1 saturated heterocycles. The van der Waals surface area contributed by atoms with Crippen molar-refractivity contribution in [1.82, 2.24) is 5.06 Å². The molecule has 0 spiro atoms. The summed E-state index contributed by atoms with van der Waals surface area (Å²) in [7, 11) is 0. The highest BCUT2D eigenvalue weighted by atomic mass is 16.6. The van der Waals surface area contributed by atoms with Crippen LogP contribution < -0.4 is 0 Å². The maximum atomic E-state index is 12.9. The van der Waals surface area contributed by atoms with E-state index in [0.29, 0.717) is 37.1 Å². The molecular weight excluding hydrogens is 306 g/mol. The first-order valence-corrected chi connectivity index (χ1v) is 8.07. The van der Waals surface area contributed by atoms with Crippen LogP contribution in [-0.4, -0.2) is 35.3 Å². The minimum atomic E-state index is -1.86. The minimum Gasteiger partial charge on any atom is -0.785 e. The predicted molar refractivity (Wildman–Crippen MR) is 89.9 cm³/mol. The molecule has 0 amide bonds. The molecule has 5 heteroatoms. The Morgan fingerprint density at radius 2 is 1.46 bits per heavy atom. The SMILES string of the molecule is O=C(OC1CCN([O-])CC1)C(O)(c1ccccc1)c1ccccc1. The number of rotatable bonds is 4. The number of hydrogen-bond donors (Lipinski definition) is 1. The van der Waals surface area contributed by atoms with Crippen molar-refractivity contribution in [3.05, 3.63) is 77.0 Å². The summed E-state index contributed by atoms with van der Waals surface area (Å²) >= 11 is 0. The molecule has 1 N–H and O–H groups in total.